The van der Waals surface area contributed by atoms with E-state index in [1.165, 1.54) is 38.5 Å². The van der Waals surface area contributed by atoms with Crippen molar-refractivity contribution >= 4 is 17.4 Å². The number of amidine groups is 1. The molecule has 7 unspecified atom stereocenters. The molecule has 1 heterocycles. The lowest BCUT2D eigenvalue weighted by molar-refractivity contribution is -0.0725. The van der Waals surface area contributed by atoms with Crippen LogP contribution in [0.15, 0.2) is 4.99 Å². The highest BCUT2D eigenvalue weighted by molar-refractivity contribution is 6.21. The number of halogens is 1. The van der Waals surface area contributed by atoms with Crippen LogP contribution in [0.1, 0.15) is 64.2 Å². The normalized spacial score (nSPS) is 51.8. The van der Waals surface area contributed by atoms with Crippen LogP contribution in [0.2, 0.25) is 0 Å². The van der Waals surface area contributed by atoms with E-state index < -0.39 is 5.60 Å². The number of hydrogen-bond donors (Lipinski definition) is 2. The summed E-state index contributed by atoms with van der Waals surface area (Å²) in [7, 11) is 0. The number of nitrogens with two attached hydrogens (primary N) is 1. The maximum absolute atomic E-state index is 11.7. The molecule has 0 bridgehead atoms. The molecular weight excluding hydrogens is 296 g/mol. The molecule has 0 amide bonds. The van der Waals surface area contributed by atoms with Gasteiger partial charge in [-0.3, -0.25) is 4.99 Å². The molecule has 4 aliphatic rings. The van der Waals surface area contributed by atoms with E-state index in [2.05, 4.69) is 4.99 Å². The molecule has 0 radical (unpaired) electrons. The van der Waals surface area contributed by atoms with Gasteiger partial charge in [-0.1, -0.05) is 32.1 Å². The summed E-state index contributed by atoms with van der Waals surface area (Å²) in [6.07, 6.45) is 12.1. The number of nitrogens with zero attached hydrogens (tertiary/aromatic N) is 1. The standard InChI is InChI=1S/C18H29ClN2O/c19-14-9-4-10-15-16(14)18(22,17(20)21-15)13-8-3-6-11-5-1-2-7-12(11)13/h11-16,22H,1-10H2,(H2,20,21). The van der Waals surface area contributed by atoms with Crippen molar-refractivity contribution in [2.45, 2.75) is 81.2 Å². The Hall–Kier alpha value is -0.280. The van der Waals surface area contributed by atoms with Gasteiger partial charge in [-0.05, 0) is 49.9 Å². The summed E-state index contributed by atoms with van der Waals surface area (Å²) in [4.78, 5) is 4.69. The van der Waals surface area contributed by atoms with Gasteiger partial charge in [0.2, 0.25) is 0 Å². The molecule has 0 aromatic heterocycles. The Morgan fingerprint density at radius 1 is 1.00 bits per heavy atom. The highest BCUT2D eigenvalue weighted by Gasteiger charge is 2.60. The molecule has 7 atom stereocenters. The van der Waals surface area contributed by atoms with Gasteiger partial charge in [0.15, 0.2) is 0 Å². The van der Waals surface area contributed by atoms with E-state index in [1.54, 1.807) is 0 Å². The second-order valence-corrected chi connectivity index (χ2v) is 8.69. The van der Waals surface area contributed by atoms with Crippen molar-refractivity contribution in [1.82, 2.24) is 0 Å². The van der Waals surface area contributed by atoms with Gasteiger partial charge in [-0.2, -0.15) is 0 Å². The Balaban J connectivity index is 1.67. The zero-order chi connectivity index (χ0) is 15.3. The van der Waals surface area contributed by atoms with Gasteiger partial charge in [0.25, 0.3) is 0 Å². The van der Waals surface area contributed by atoms with Crippen molar-refractivity contribution in [3.05, 3.63) is 0 Å². The minimum atomic E-state index is -0.932. The fraction of sp³-hybridized carbons (Fsp3) is 0.944. The number of rotatable bonds is 1. The zero-order valence-corrected chi connectivity index (χ0v) is 14.1. The molecule has 3 N–H and O–H groups in total. The summed E-state index contributed by atoms with van der Waals surface area (Å²) >= 11 is 6.67. The van der Waals surface area contributed by atoms with Crippen LogP contribution in [0.3, 0.4) is 0 Å². The number of alkyl halides is 1. The monoisotopic (exact) mass is 324 g/mol. The first-order valence-electron chi connectivity index (χ1n) is 9.32. The third kappa shape index (κ3) is 2.15. The molecule has 0 spiro atoms. The Morgan fingerprint density at radius 3 is 2.59 bits per heavy atom. The van der Waals surface area contributed by atoms with Crippen LogP contribution in [0.5, 0.6) is 0 Å². The zero-order valence-electron chi connectivity index (χ0n) is 13.4. The first kappa shape index (κ1) is 15.3. The summed E-state index contributed by atoms with van der Waals surface area (Å²) in [6.45, 7) is 0. The molecular formula is C18H29ClN2O. The molecule has 3 nitrogen and oxygen atoms in total. The van der Waals surface area contributed by atoms with Gasteiger partial charge in [-0.25, -0.2) is 0 Å². The fourth-order valence-corrected chi connectivity index (χ4v) is 6.73. The molecule has 0 saturated heterocycles. The van der Waals surface area contributed by atoms with Gasteiger partial charge in [-0.15, -0.1) is 11.6 Å². The Morgan fingerprint density at radius 2 is 1.73 bits per heavy atom. The fourth-order valence-electron chi connectivity index (χ4n) is 6.21. The predicted molar refractivity (Wildman–Crippen MR) is 90.1 cm³/mol. The second kappa shape index (κ2) is 5.66. The van der Waals surface area contributed by atoms with Crippen molar-refractivity contribution in [3.63, 3.8) is 0 Å². The Labute approximate surface area is 138 Å². The summed E-state index contributed by atoms with van der Waals surface area (Å²) in [5.74, 6) is 2.26. The van der Waals surface area contributed by atoms with E-state index in [0.717, 1.165) is 31.6 Å². The van der Waals surface area contributed by atoms with Crippen molar-refractivity contribution in [2.75, 3.05) is 0 Å². The Bertz CT molecular complexity index is 466. The van der Waals surface area contributed by atoms with Crippen molar-refractivity contribution in [1.29, 1.82) is 0 Å². The van der Waals surface area contributed by atoms with Gasteiger partial charge >= 0.3 is 0 Å². The predicted octanol–water partition coefficient (Wildman–Crippen LogP) is 3.47. The summed E-state index contributed by atoms with van der Waals surface area (Å²) < 4.78 is 0. The first-order chi connectivity index (χ1) is 10.6. The topological polar surface area (TPSA) is 58.6 Å². The van der Waals surface area contributed by atoms with Crippen LogP contribution in [0, 0.1) is 23.7 Å². The maximum Gasteiger partial charge on any atom is 0.130 e. The minimum absolute atomic E-state index is 0.0255. The lowest BCUT2D eigenvalue weighted by Gasteiger charge is -2.50. The first-order valence-corrected chi connectivity index (χ1v) is 9.76. The van der Waals surface area contributed by atoms with Crippen LogP contribution in [0.4, 0.5) is 0 Å². The summed E-state index contributed by atoms with van der Waals surface area (Å²) in [5.41, 5.74) is 5.40. The number of aliphatic imine (C=N–C) groups is 1. The third-order valence-corrected chi connectivity index (χ3v) is 7.64. The molecule has 0 aromatic carbocycles. The SMILES string of the molecule is NC1=NC2CCCC(Cl)C2C1(O)C1CCCC2CCCCC21. The van der Waals surface area contributed by atoms with Crippen LogP contribution in [-0.4, -0.2) is 28.0 Å². The lowest BCUT2D eigenvalue weighted by Crippen LogP contribution is -2.60. The van der Waals surface area contributed by atoms with E-state index in [0.29, 0.717) is 11.8 Å². The van der Waals surface area contributed by atoms with Gasteiger partial charge in [0.1, 0.15) is 11.4 Å². The van der Waals surface area contributed by atoms with Gasteiger partial charge in [0.05, 0.1) is 6.04 Å². The van der Waals surface area contributed by atoms with Crippen molar-refractivity contribution in [3.8, 4) is 0 Å². The van der Waals surface area contributed by atoms with Crippen LogP contribution in [0.25, 0.3) is 0 Å². The van der Waals surface area contributed by atoms with Crippen molar-refractivity contribution in [2.24, 2.45) is 34.4 Å². The molecule has 3 aliphatic carbocycles. The molecule has 4 rings (SSSR count). The second-order valence-electron chi connectivity index (χ2n) is 8.13. The largest absolute Gasteiger partial charge is 0.385 e. The average molecular weight is 325 g/mol. The minimum Gasteiger partial charge on any atom is -0.385 e. The van der Waals surface area contributed by atoms with Gasteiger partial charge in [0, 0.05) is 11.3 Å². The molecule has 1 aliphatic heterocycles. The molecule has 22 heavy (non-hydrogen) atoms. The van der Waals surface area contributed by atoms with Crippen LogP contribution >= 0.6 is 11.6 Å². The number of fused-ring (bicyclic) bond motifs is 2. The van der Waals surface area contributed by atoms with E-state index in [9.17, 15) is 5.11 Å². The number of hydrogen-bond acceptors (Lipinski definition) is 3. The smallest absolute Gasteiger partial charge is 0.130 e. The molecule has 4 heteroatoms. The third-order valence-electron chi connectivity index (χ3n) is 7.15. The van der Waals surface area contributed by atoms with Crippen LogP contribution < -0.4 is 5.73 Å². The van der Waals surface area contributed by atoms with E-state index in [1.807, 2.05) is 0 Å². The molecule has 3 saturated carbocycles. The lowest BCUT2D eigenvalue weighted by atomic mass is 9.57. The van der Waals surface area contributed by atoms with Crippen LogP contribution in [-0.2, 0) is 0 Å². The molecule has 3 fully saturated rings. The summed E-state index contributed by atoms with van der Waals surface area (Å²) in [5, 5.41) is 11.8. The maximum atomic E-state index is 11.7. The Kier molecular flexibility index (Phi) is 3.93. The van der Waals surface area contributed by atoms with Crippen molar-refractivity contribution < 1.29 is 5.11 Å². The summed E-state index contributed by atoms with van der Waals surface area (Å²) in [6, 6.07) is 0.158. The van der Waals surface area contributed by atoms with E-state index in [4.69, 9.17) is 17.3 Å². The van der Waals surface area contributed by atoms with E-state index >= 15 is 0 Å². The van der Waals surface area contributed by atoms with Gasteiger partial charge < -0.3 is 10.8 Å². The average Bonchev–Trinajstić information content (AvgIpc) is 2.80. The van der Waals surface area contributed by atoms with E-state index in [-0.39, 0.29) is 23.3 Å². The highest BCUT2D eigenvalue weighted by Crippen LogP contribution is 2.54. The number of aliphatic hydroxyl groups is 1. The highest BCUT2D eigenvalue weighted by atomic mass is 35.5. The molecule has 124 valence electrons. The molecule has 0 aromatic rings. The quantitative estimate of drug-likeness (QED) is 0.725.